The van der Waals surface area contributed by atoms with E-state index >= 15 is 0 Å². The number of hydrogen-bond acceptors (Lipinski definition) is 3. The average molecular weight is 289 g/mol. The van der Waals surface area contributed by atoms with Crippen molar-refractivity contribution in [3.63, 3.8) is 0 Å². The molecule has 100 valence electrons. The third kappa shape index (κ3) is 2.79. The minimum absolute atomic E-state index is 0.0760. The van der Waals surface area contributed by atoms with Gasteiger partial charge in [-0.05, 0) is 50.8 Å². The van der Waals surface area contributed by atoms with E-state index in [9.17, 15) is 8.42 Å². The fraction of sp³-hybridized carbons (Fsp3) is 0.500. The van der Waals surface area contributed by atoms with Crippen molar-refractivity contribution in [2.45, 2.75) is 37.1 Å². The molecule has 0 saturated heterocycles. The third-order valence-corrected chi connectivity index (χ3v) is 5.40. The third-order valence-electron chi connectivity index (χ3n) is 3.24. The van der Waals surface area contributed by atoms with Crippen molar-refractivity contribution >= 4 is 27.3 Å². The Labute approximate surface area is 113 Å². The molecule has 0 amide bonds. The first-order valence-corrected chi connectivity index (χ1v) is 7.67. The topological polar surface area (TPSA) is 72.2 Å². The van der Waals surface area contributed by atoms with E-state index in [1.54, 1.807) is 0 Å². The summed E-state index contributed by atoms with van der Waals surface area (Å²) < 4.78 is 27.3. The lowest BCUT2D eigenvalue weighted by Gasteiger charge is -2.26. The molecule has 0 heterocycles. The number of halogens is 1. The van der Waals surface area contributed by atoms with Gasteiger partial charge in [0.2, 0.25) is 10.0 Å². The van der Waals surface area contributed by atoms with Gasteiger partial charge >= 0.3 is 0 Å². The van der Waals surface area contributed by atoms with Crippen molar-refractivity contribution in [3.8, 4) is 0 Å². The van der Waals surface area contributed by atoms with E-state index in [-0.39, 0.29) is 9.92 Å². The number of sulfonamides is 1. The highest BCUT2D eigenvalue weighted by Gasteiger charge is 2.40. The summed E-state index contributed by atoms with van der Waals surface area (Å²) in [5.74, 6) is 0.403. The van der Waals surface area contributed by atoms with Crippen LogP contribution in [-0.4, -0.2) is 14.0 Å². The largest absolute Gasteiger partial charge is 0.399 e. The normalized spacial score (nSPS) is 16.8. The maximum atomic E-state index is 12.3. The van der Waals surface area contributed by atoms with Crippen LogP contribution in [0.25, 0.3) is 0 Å². The molecule has 0 unspecified atom stereocenters. The lowest BCUT2D eigenvalue weighted by molar-refractivity contribution is 0.400. The summed E-state index contributed by atoms with van der Waals surface area (Å²) in [5, 5.41) is 0.147. The molecule has 2 rings (SSSR count). The second-order valence-corrected chi connectivity index (χ2v) is 7.35. The molecule has 1 aliphatic rings. The Hall–Kier alpha value is -0.780. The highest BCUT2D eigenvalue weighted by Crippen LogP contribution is 2.40. The van der Waals surface area contributed by atoms with Crippen molar-refractivity contribution < 1.29 is 8.42 Å². The second kappa shape index (κ2) is 4.40. The van der Waals surface area contributed by atoms with E-state index in [1.807, 2.05) is 13.8 Å². The quantitative estimate of drug-likeness (QED) is 0.836. The summed E-state index contributed by atoms with van der Waals surface area (Å²) in [6.07, 6.45) is 2.12. The molecular formula is C12H17ClN2O2S. The summed E-state index contributed by atoms with van der Waals surface area (Å²) in [6.45, 7) is 3.79. The van der Waals surface area contributed by atoms with Crippen molar-refractivity contribution in [2.75, 3.05) is 5.73 Å². The molecule has 18 heavy (non-hydrogen) atoms. The lowest BCUT2D eigenvalue weighted by atomic mass is 10.0. The maximum Gasteiger partial charge on any atom is 0.242 e. The molecule has 0 aromatic heterocycles. The summed E-state index contributed by atoms with van der Waals surface area (Å²) in [7, 11) is -3.61. The predicted octanol–water partition coefficient (Wildman–Crippen LogP) is 2.39. The first kappa shape index (κ1) is 13.6. The number of benzene rings is 1. The van der Waals surface area contributed by atoms with Gasteiger partial charge in [-0.25, -0.2) is 13.1 Å². The van der Waals surface area contributed by atoms with Gasteiger partial charge in [0.25, 0.3) is 0 Å². The molecule has 0 aliphatic heterocycles. The molecular weight excluding hydrogens is 272 g/mol. The predicted molar refractivity (Wildman–Crippen MR) is 73.0 cm³/mol. The smallest absolute Gasteiger partial charge is 0.242 e. The van der Waals surface area contributed by atoms with Gasteiger partial charge < -0.3 is 5.73 Å². The van der Waals surface area contributed by atoms with E-state index in [4.69, 9.17) is 17.3 Å². The molecule has 1 aromatic carbocycles. The second-order valence-electron chi connectivity index (χ2n) is 5.29. The van der Waals surface area contributed by atoms with E-state index < -0.39 is 15.6 Å². The summed E-state index contributed by atoms with van der Waals surface area (Å²) >= 11 is 5.94. The van der Waals surface area contributed by atoms with Gasteiger partial charge in [-0.2, -0.15) is 0 Å². The van der Waals surface area contributed by atoms with Crippen molar-refractivity contribution in [1.29, 1.82) is 0 Å². The van der Waals surface area contributed by atoms with Crippen LogP contribution in [0.5, 0.6) is 0 Å². The number of hydrogen-bond donors (Lipinski definition) is 2. The first-order valence-electron chi connectivity index (χ1n) is 5.81. The maximum absolute atomic E-state index is 12.3. The molecule has 6 heteroatoms. The van der Waals surface area contributed by atoms with Crippen LogP contribution in [-0.2, 0) is 10.0 Å². The zero-order chi connectivity index (χ0) is 13.6. The van der Waals surface area contributed by atoms with E-state index in [2.05, 4.69) is 4.72 Å². The lowest BCUT2D eigenvalue weighted by Crippen LogP contribution is -2.45. The van der Waals surface area contributed by atoms with Crippen LogP contribution < -0.4 is 10.5 Å². The van der Waals surface area contributed by atoms with Crippen LogP contribution in [0.1, 0.15) is 26.7 Å². The molecule has 1 saturated carbocycles. The molecule has 0 spiro atoms. The van der Waals surface area contributed by atoms with Crippen LogP contribution in [0.15, 0.2) is 23.1 Å². The summed E-state index contributed by atoms with van der Waals surface area (Å²) in [5.41, 5.74) is 5.56. The van der Waals surface area contributed by atoms with Crippen LogP contribution >= 0.6 is 11.6 Å². The van der Waals surface area contributed by atoms with Gasteiger partial charge in [0.1, 0.15) is 4.90 Å². The summed E-state index contributed by atoms with van der Waals surface area (Å²) in [4.78, 5) is 0.0760. The van der Waals surface area contributed by atoms with E-state index in [0.29, 0.717) is 11.6 Å². The van der Waals surface area contributed by atoms with Crippen molar-refractivity contribution in [1.82, 2.24) is 4.72 Å². The molecule has 1 fully saturated rings. The number of nitrogens with two attached hydrogens (primary N) is 1. The highest BCUT2D eigenvalue weighted by molar-refractivity contribution is 7.89. The molecule has 1 aliphatic carbocycles. The van der Waals surface area contributed by atoms with Crippen molar-refractivity contribution in [3.05, 3.63) is 23.2 Å². The molecule has 0 radical (unpaired) electrons. The molecule has 0 atom stereocenters. The molecule has 1 aromatic rings. The van der Waals surface area contributed by atoms with E-state index in [1.165, 1.54) is 18.2 Å². The molecule has 0 bridgehead atoms. The zero-order valence-electron chi connectivity index (χ0n) is 10.4. The van der Waals surface area contributed by atoms with Crippen LogP contribution in [0.4, 0.5) is 5.69 Å². The molecule has 3 N–H and O–H groups in total. The van der Waals surface area contributed by atoms with Crippen LogP contribution in [0.3, 0.4) is 0 Å². The Kier molecular flexibility index (Phi) is 3.34. The Morgan fingerprint density at radius 1 is 1.39 bits per heavy atom. The Bertz CT molecular complexity index is 565. The van der Waals surface area contributed by atoms with Gasteiger partial charge in [-0.15, -0.1) is 0 Å². The number of nitrogens with one attached hydrogen (secondary N) is 1. The van der Waals surface area contributed by atoms with Gasteiger partial charge in [-0.1, -0.05) is 11.6 Å². The van der Waals surface area contributed by atoms with Crippen LogP contribution in [0.2, 0.25) is 5.02 Å². The summed E-state index contributed by atoms with van der Waals surface area (Å²) in [6, 6.07) is 4.41. The average Bonchev–Trinajstić information content (AvgIpc) is 2.97. The fourth-order valence-corrected chi connectivity index (χ4v) is 4.05. The van der Waals surface area contributed by atoms with Gasteiger partial charge in [0.15, 0.2) is 0 Å². The Morgan fingerprint density at radius 3 is 2.50 bits per heavy atom. The van der Waals surface area contributed by atoms with Gasteiger partial charge in [0.05, 0.1) is 5.02 Å². The Morgan fingerprint density at radius 2 is 2.00 bits per heavy atom. The minimum atomic E-state index is -3.61. The first-order chi connectivity index (χ1) is 8.22. The standard InChI is InChI=1S/C12H17ClN2O2S/c1-12(2,8-3-4-8)15-18(16,17)11-6-5-9(14)7-10(11)13/h5-8,15H,3-4,14H2,1-2H3. The van der Waals surface area contributed by atoms with Gasteiger partial charge in [0, 0.05) is 11.2 Å². The van der Waals surface area contributed by atoms with Gasteiger partial charge in [-0.3, -0.25) is 0 Å². The SMILES string of the molecule is CC(C)(NS(=O)(=O)c1ccc(N)cc1Cl)C1CC1. The van der Waals surface area contributed by atoms with E-state index in [0.717, 1.165) is 12.8 Å². The highest BCUT2D eigenvalue weighted by atomic mass is 35.5. The minimum Gasteiger partial charge on any atom is -0.399 e. The Balaban J connectivity index is 2.30. The molecule has 4 nitrogen and oxygen atoms in total. The number of rotatable bonds is 4. The van der Waals surface area contributed by atoms with Crippen LogP contribution in [0, 0.1) is 5.92 Å². The monoisotopic (exact) mass is 288 g/mol. The number of anilines is 1. The zero-order valence-corrected chi connectivity index (χ0v) is 12.0. The number of nitrogen functional groups attached to an aromatic ring is 1. The fourth-order valence-electron chi connectivity index (χ4n) is 2.02. The van der Waals surface area contributed by atoms with Crippen molar-refractivity contribution in [2.24, 2.45) is 5.92 Å².